The summed E-state index contributed by atoms with van der Waals surface area (Å²) >= 11 is 0. The number of nitrogens with two attached hydrogens (primary N) is 1. The normalized spacial score (nSPS) is 34.6. The second-order valence-corrected chi connectivity index (χ2v) is 4.49. The molecule has 0 aromatic heterocycles. The fraction of sp³-hybridized carbons (Fsp3) is 0.909. The topological polar surface area (TPSA) is 64.8 Å². The van der Waals surface area contributed by atoms with Crippen LogP contribution < -0.4 is 5.73 Å². The smallest absolute Gasteiger partial charge is 0.251 e. The Hall–Kier alpha value is -0.650. The summed E-state index contributed by atoms with van der Waals surface area (Å²) in [6, 6.07) is 0. The zero-order valence-corrected chi connectivity index (χ0v) is 9.72. The highest BCUT2D eigenvalue weighted by atomic mass is 16.5. The lowest BCUT2D eigenvalue weighted by Gasteiger charge is -2.20. The summed E-state index contributed by atoms with van der Waals surface area (Å²) in [6.07, 6.45) is 2.60. The maximum atomic E-state index is 12.1. The Kier molecular flexibility index (Phi) is 3.78. The highest BCUT2D eigenvalue weighted by molar-refractivity contribution is 5.81. The fourth-order valence-corrected chi connectivity index (χ4v) is 2.39. The number of hydrogen-bond donors (Lipinski definition) is 1. The van der Waals surface area contributed by atoms with Gasteiger partial charge in [-0.05, 0) is 19.3 Å². The van der Waals surface area contributed by atoms with Crippen LogP contribution >= 0.6 is 0 Å². The van der Waals surface area contributed by atoms with E-state index in [2.05, 4.69) is 0 Å². The molecule has 0 bridgehead atoms. The molecule has 2 aliphatic heterocycles. The molecule has 0 spiro atoms. The van der Waals surface area contributed by atoms with Gasteiger partial charge >= 0.3 is 0 Å². The van der Waals surface area contributed by atoms with Gasteiger partial charge in [0.25, 0.3) is 5.91 Å². The van der Waals surface area contributed by atoms with Crippen molar-refractivity contribution in [2.24, 2.45) is 5.73 Å². The Balaban J connectivity index is 1.84. The van der Waals surface area contributed by atoms with Crippen molar-refractivity contribution in [3.63, 3.8) is 0 Å². The summed E-state index contributed by atoms with van der Waals surface area (Å²) in [7, 11) is 1.69. The van der Waals surface area contributed by atoms with Crippen molar-refractivity contribution in [3.8, 4) is 0 Å². The van der Waals surface area contributed by atoms with Crippen LogP contribution in [0.4, 0.5) is 0 Å². The zero-order chi connectivity index (χ0) is 11.5. The molecule has 0 aliphatic carbocycles. The molecule has 2 N–H and O–H groups in total. The number of carbonyl (C=O) groups excluding carboxylic acids is 1. The quantitative estimate of drug-likeness (QED) is 0.723. The van der Waals surface area contributed by atoms with Crippen molar-refractivity contribution >= 4 is 5.91 Å². The van der Waals surface area contributed by atoms with E-state index < -0.39 is 0 Å². The molecule has 3 atom stereocenters. The highest BCUT2D eigenvalue weighted by Gasteiger charge is 2.35. The van der Waals surface area contributed by atoms with Gasteiger partial charge in [0.1, 0.15) is 6.10 Å². The minimum absolute atomic E-state index is 0.0646. The van der Waals surface area contributed by atoms with E-state index in [1.54, 1.807) is 7.11 Å². The van der Waals surface area contributed by atoms with E-state index in [0.29, 0.717) is 13.1 Å². The van der Waals surface area contributed by atoms with Gasteiger partial charge in [-0.25, -0.2) is 0 Å². The lowest BCUT2D eigenvalue weighted by atomic mass is 10.2. The van der Waals surface area contributed by atoms with Crippen LogP contribution in [0.5, 0.6) is 0 Å². The fourth-order valence-electron chi connectivity index (χ4n) is 2.39. The molecular formula is C11H20N2O3. The molecule has 92 valence electrons. The lowest BCUT2D eigenvalue weighted by Crippen LogP contribution is -2.38. The predicted octanol–water partition coefficient (Wildman–Crippen LogP) is -0.260. The number of carbonyl (C=O) groups is 1. The van der Waals surface area contributed by atoms with E-state index in [1.165, 1.54) is 0 Å². The standard InChI is InChI=1S/C11H20N2O3/c1-15-9-4-5-13(7-9)11(14)10-3-2-8(6-12)16-10/h8-10H,2-7,12H2,1H3/t8-,9+,10+/m1/s1. The van der Waals surface area contributed by atoms with Crippen LogP contribution in [0, 0.1) is 0 Å². The van der Waals surface area contributed by atoms with Gasteiger partial charge in [-0.1, -0.05) is 0 Å². The van der Waals surface area contributed by atoms with E-state index in [9.17, 15) is 4.79 Å². The van der Waals surface area contributed by atoms with E-state index >= 15 is 0 Å². The Bertz CT molecular complexity index is 236. The van der Waals surface area contributed by atoms with Gasteiger partial charge in [0.2, 0.25) is 0 Å². The average molecular weight is 228 g/mol. The van der Waals surface area contributed by atoms with Gasteiger partial charge in [0.05, 0.1) is 12.2 Å². The summed E-state index contributed by atoms with van der Waals surface area (Å²) in [5.41, 5.74) is 5.52. The van der Waals surface area contributed by atoms with Crippen LogP contribution in [0.3, 0.4) is 0 Å². The Morgan fingerprint density at radius 1 is 1.50 bits per heavy atom. The van der Waals surface area contributed by atoms with Crippen LogP contribution in [0.1, 0.15) is 19.3 Å². The monoisotopic (exact) mass is 228 g/mol. The Morgan fingerprint density at radius 3 is 2.88 bits per heavy atom. The second kappa shape index (κ2) is 5.12. The van der Waals surface area contributed by atoms with Crippen LogP contribution in [0.25, 0.3) is 0 Å². The summed E-state index contributed by atoms with van der Waals surface area (Å²) in [4.78, 5) is 13.9. The molecule has 2 saturated heterocycles. The molecule has 0 radical (unpaired) electrons. The molecule has 0 unspecified atom stereocenters. The Morgan fingerprint density at radius 2 is 2.31 bits per heavy atom. The third-order valence-corrected chi connectivity index (χ3v) is 3.44. The van der Waals surface area contributed by atoms with E-state index in [4.69, 9.17) is 15.2 Å². The summed E-state index contributed by atoms with van der Waals surface area (Å²) in [6.45, 7) is 1.98. The summed E-state index contributed by atoms with van der Waals surface area (Å²) < 4.78 is 10.8. The molecule has 2 fully saturated rings. The molecule has 1 amide bonds. The molecular weight excluding hydrogens is 208 g/mol. The second-order valence-electron chi connectivity index (χ2n) is 4.49. The first-order chi connectivity index (χ1) is 7.74. The third kappa shape index (κ3) is 2.36. The molecule has 0 aromatic rings. The van der Waals surface area contributed by atoms with Crippen molar-refractivity contribution in [1.29, 1.82) is 0 Å². The van der Waals surface area contributed by atoms with Crippen molar-refractivity contribution in [3.05, 3.63) is 0 Å². The number of amides is 1. The first-order valence-electron chi connectivity index (χ1n) is 5.91. The van der Waals surface area contributed by atoms with Gasteiger partial charge in [-0.15, -0.1) is 0 Å². The number of hydrogen-bond acceptors (Lipinski definition) is 4. The number of ether oxygens (including phenoxy) is 2. The van der Waals surface area contributed by atoms with Gasteiger partial charge in [-0.3, -0.25) is 4.79 Å². The van der Waals surface area contributed by atoms with Gasteiger partial charge in [-0.2, -0.15) is 0 Å². The molecule has 5 nitrogen and oxygen atoms in total. The summed E-state index contributed by atoms with van der Waals surface area (Å²) in [5.74, 6) is 0.107. The van der Waals surface area contributed by atoms with Crippen molar-refractivity contribution in [2.75, 3.05) is 26.7 Å². The first kappa shape index (κ1) is 11.8. The minimum Gasteiger partial charge on any atom is -0.380 e. The van der Waals surface area contributed by atoms with Crippen LogP contribution in [-0.4, -0.2) is 55.9 Å². The van der Waals surface area contributed by atoms with Gasteiger partial charge in [0, 0.05) is 26.7 Å². The highest BCUT2D eigenvalue weighted by Crippen LogP contribution is 2.23. The number of rotatable bonds is 3. The van der Waals surface area contributed by atoms with Crippen LogP contribution in [-0.2, 0) is 14.3 Å². The average Bonchev–Trinajstić information content (AvgIpc) is 2.97. The van der Waals surface area contributed by atoms with Crippen LogP contribution in [0.15, 0.2) is 0 Å². The SMILES string of the molecule is CO[C@H]1CCN(C(=O)[C@@H]2CC[C@H](CN)O2)C1. The summed E-state index contributed by atoms with van der Waals surface area (Å²) in [5, 5.41) is 0. The lowest BCUT2D eigenvalue weighted by molar-refractivity contribution is -0.142. The number of methoxy groups -OCH3 is 1. The van der Waals surface area contributed by atoms with E-state index in [1.807, 2.05) is 4.90 Å². The largest absolute Gasteiger partial charge is 0.380 e. The van der Waals surface area contributed by atoms with Crippen molar-refractivity contribution < 1.29 is 14.3 Å². The predicted molar refractivity (Wildman–Crippen MR) is 58.9 cm³/mol. The third-order valence-electron chi connectivity index (χ3n) is 3.44. The maximum absolute atomic E-state index is 12.1. The molecule has 0 aromatic carbocycles. The van der Waals surface area contributed by atoms with E-state index in [-0.39, 0.29) is 24.2 Å². The number of likely N-dealkylation sites (tertiary alicyclic amines) is 1. The first-order valence-corrected chi connectivity index (χ1v) is 5.91. The minimum atomic E-state index is -0.274. The van der Waals surface area contributed by atoms with Crippen LogP contribution in [0.2, 0.25) is 0 Å². The number of nitrogens with zero attached hydrogens (tertiary/aromatic N) is 1. The molecule has 16 heavy (non-hydrogen) atoms. The molecule has 2 rings (SSSR count). The molecule has 5 heteroatoms. The molecule has 2 aliphatic rings. The van der Waals surface area contributed by atoms with E-state index in [0.717, 1.165) is 25.8 Å². The zero-order valence-electron chi connectivity index (χ0n) is 9.72. The van der Waals surface area contributed by atoms with Crippen molar-refractivity contribution in [2.45, 2.75) is 37.6 Å². The Labute approximate surface area is 95.9 Å². The molecule has 2 heterocycles. The molecule has 0 saturated carbocycles. The maximum Gasteiger partial charge on any atom is 0.251 e. The van der Waals surface area contributed by atoms with Gasteiger partial charge < -0.3 is 20.1 Å². The van der Waals surface area contributed by atoms with Crippen molar-refractivity contribution in [1.82, 2.24) is 4.90 Å². The van der Waals surface area contributed by atoms with Gasteiger partial charge in [0.15, 0.2) is 0 Å².